The van der Waals surface area contributed by atoms with Crippen molar-refractivity contribution < 1.29 is 4.79 Å². The lowest BCUT2D eigenvalue weighted by Gasteiger charge is -2.35. The van der Waals surface area contributed by atoms with Crippen LogP contribution in [-0.4, -0.2) is 72.0 Å². The molecule has 23 heavy (non-hydrogen) atoms. The second-order valence-electron chi connectivity index (χ2n) is 6.82. The quantitative estimate of drug-likeness (QED) is 0.837. The van der Waals surface area contributed by atoms with E-state index in [-0.39, 0.29) is 0 Å². The molecule has 2 saturated heterocycles. The SMILES string of the molecule is Cc1ccnc(N2CCC(CC(=O)N3CCN(C)CC3)CC2)n1. The van der Waals surface area contributed by atoms with Crippen molar-refractivity contribution in [3.8, 4) is 0 Å². The first-order valence-electron chi connectivity index (χ1n) is 8.63. The number of piperidine rings is 1. The fraction of sp³-hybridized carbons (Fsp3) is 0.706. The van der Waals surface area contributed by atoms with Crippen LogP contribution in [0.1, 0.15) is 25.0 Å². The highest BCUT2D eigenvalue weighted by Gasteiger charge is 2.26. The third-order valence-corrected chi connectivity index (χ3v) is 5.00. The Bertz CT molecular complexity index is 534. The number of hydrogen-bond acceptors (Lipinski definition) is 5. The Hall–Kier alpha value is -1.69. The fourth-order valence-corrected chi connectivity index (χ4v) is 3.36. The van der Waals surface area contributed by atoms with Crippen LogP contribution in [0.15, 0.2) is 12.3 Å². The van der Waals surface area contributed by atoms with E-state index in [9.17, 15) is 4.79 Å². The maximum absolute atomic E-state index is 12.4. The monoisotopic (exact) mass is 317 g/mol. The number of aryl methyl sites for hydroxylation is 1. The van der Waals surface area contributed by atoms with Gasteiger partial charge in [0.05, 0.1) is 0 Å². The summed E-state index contributed by atoms with van der Waals surface area (Å²) in [6, 6.07) is 1.92. The molecule has 3 heterocycles. The van der Waals surface area contributed by atoms with E-state index in [0.717, 1.165) is 63.8 Å². The van der Waals surface area contributed by atoms with Crippen molar-refractivity contribution >= 4 is 11.9 Å². The van der Waals surface area contributed by atoms with Crippen LogP contribution in [0, 0.1) is 12.8 Å². The molecule has 126 valence electrons. The van der Waals surface area contributed by atoms with Crippen LogP contribution in [0.5, 0.6) is 0 Å². The van der Waals surface area contributed by atoms with Crippen molar-refractivity contribution in [3.05, 3.63) is 18.0 Å². The van der Waals surface area contributed by atoms with E-state index in [1.165, 1.54) is 0 Å². The van der Waals surface area contributed by atoms with Gasteiger partial charge in [-0.15, -0.1) is 0 Å². The average Bonchev–Trinajstić information content (AvgIpc) is 2.56. The van der Waals surface area contributed by atoms with Gasteiger partial charge < -0.3 is 14.7 Å². The lowest BCUT2D eigenvalue weighted by Crippen LogP contribution is -2.47. The number of nitrogens with zero attached hydrogens (tertiary/aromatic N) is 5. The van der Waals surface area contributed by atoms with E-state index in [0.29, 0.717) is 18.2 Å². The second-order valence-corrected chi connectivity index (χ2v) is 6.82. The Labute approximate surface area is 138 Å². The molecule has 0 aliphatic carbocycles. The summed E-state index contributed by atoms with van der Waals surface area (Å²) < 4.78 is 0. The lowest BCUT2D eigenvalue weighted by molar-refractivity contribution is -0.133. The number of carbonyl (C=O) groups excluding carboxylic acids is 1. The topological polar surface area (TPSA) is 52.6 Å². The van der Waals surface area contributed by atoms with E-state index < -0.39 is 0 Å². The molecule has 2 aliphatic heterocycles. The molecular formula is C17H27N5O. The van der Waals surface area contributed by atoms with Crippen molar-refractivity contribution in [3.63, 3.8) is 0 Å². The Morgan fingerprint density at radius 3 is 2.52 bits per heavy atom. The normalized spacial score (nSPS) is 20.8. The van der Waals surface area contributed by atoms with Crippen molar-refractivity contribution in [1.82, 2.24) is 19.8 Å². The van der Waals surface area contributed by atoms with Gasteiger partial charge in [-0.2, -0.15) is 0 Å². The minimum Gasteiger partial charge on any atom is -0.341 e. The third-order valence-electron chi connectivity index (χ3n) is 5.00. The molecule has 3 rings (SSSR count). The second kappa shape index (κ2) is 7.25. The highest BCUT2D eigenvalue weighted by molar-refractivity contribution is 5.76. The summed E-state index contributed by atoms with van der Waals surface area (Å²) in [4.78, 5) is 27.9. The van der Waals surface area contributed by atoms with Crippen molar-refractivity contribution in [2.24, 2.45) is 5.92 Å². The van der Waals surface area contributed by atoms with Gasteiger partial charge in [0.1, 0.15) is 0 Å². The first-order valence-corrected chi connectivity index (χ1v) is 8.63. The van der Waals surface area contributed by atoms with Gasteiger partial charge >= 0.3 is 0 Å². The minimum absolute atomic E-state index is 0.336. The van der Waals surface area contributed by atoms with E-state index in [1.54, 1.807) is 0 Å². The van der Waals surface area contributed by atoms with Gasteiger partial charge in [-0.1, -0.05) is 0 Å². The molecule has 0 N–H and O–H groups in total. The van der Waals surface area contributed by atoms with E-state index in [4.69, 9.17) is 0 Å². The van der Waals surface area contributed by atoms with Crippen LogP contribution < -0.4 is 4.90 Å². The number of aromatic nitrogens is 2. The third kappa shape index (κ3) is 4.19. The number of likely N-dealkylation sites (N-methyl/N-ethyl adjacent to an activating group) is 1. The van der Waals surface area contributed by atoms with Crippen molar-refractivity contribution in [2.75, 3.05) is 51.2 Å². The number of piperazine rings is 1. The number of hydrogen-bond donors (Lipinski definition) is 0. The molecule has 0 saturated carbocycles. The summed E-state index contributed by atoms with van der Waals surface area (Å²) in [6.07, 6.45) is 4.63. The molecule has 0 unspecified atom stereocenters. The molecule has 1 aromatic rings. The number of rotatable bonds is 3. The average molecular weight is 317 g/mol. The van der Waals surface area contributed by atoms with Gasteiger partial charge in [-0.3, -0.25) is 4.79 Å². The Kier molecular flexibility index (Phi) is 5.10. The summed E-state index contributed by atoms with van der Waals surface area (Å²) in [5, 5.41) is 0. The van der Waals surface area contributed by atoms with Gasteiger partial charge in [0.15, 0.2) is 0 Å². The van der Waals surface area contributed by atoms with E-state index in [1.807, 2.05) is 24.1 Å². The molecule has 2 fully saturated rings. The summed E-state index contributed by atoms with van der Waals surface area (Å²) >= 11 is 0. The zero-order valence-corrected chi connectivity index (χ0v) is 14.2. The zero-order valence-electron chi connectivity index (χ0n) is 14.2. The summed E-state index contributed by atoms with van der Waals surface area (Å²) in [6.45, 7) is 7.64. The Balaban J connectivity index is 1.46. The molecule has 0 spiro atoms. The summed E-state index contributed by atoms with van der Waals surface area (Å²) in [5.74, 6) is 1.67. The number of carbonyl (C=O) groups is 1. The summed E-state index contributed by atoms with van der Waals surface area (Å²) in [5.41, 5.74) is 1.00. The van der Waals surface area contributed by atoms with E-state index >= 15 is 0 Å². The first-order chi connectivity index (χ1) is 11.1. The van der Waals surface area contributed by atoms with Crippen LogP contribution >= 0.6 is 0 Å². The van der Waals surface area contributed by atoms with Crippen LogP contribution in [0.25, 0.3) is 0 Å². The highest BCUT2D eigenvalue weighted by atomic mass is 16.2. The molecule has 1 amide bonds. The lowest BCUT2D eigenvalue weighted by atomic mass is 9.93. The minimum atomic E-state index is 0.336. The van der Waals surface area contributed by atoms with E-state index in [2.05, 4.69) is 26.8 Å². The highest BCUT2D eigenvalue weighted by Crippen LogP contribution is 2.24. The Morgan fingerprint density at radius 1 is 1.17 bits per heavy atom. The smallest absolute Gasteiger partial charge is 0.225 e. The molecule has 0 radical (unpaired) electrons. The van der Waals surface area contributed by atoms with Crippen molar-refractivity contribution in [1.29, 1.82) is 0 Å². The first kappa shape index (κ1) is 16.2. The molecule has 0 atom stereocenters. The molecule has 1 aromatic heterocycles. The van der Waals surface area contributed by atoms with Gasteiger partial charge in [0.2, 0.25) is 11.9 Å². The largest absolute Gasteiger partial charge is 0.341 e. The Morgan fingerprint density at radius 2 is 1.87 bits per heavy atom. The molecule has 0 bridgehead atoms. The maximum atomic E-state index is 12.4. The van der Waals surface area contributed by atoms with Crippen LogP contribution in [-0.2, 0) is 4.79 Å². The van der Waals surface area contributed by atoms with Gasteiger partial charge in [0, 0.05) is 57.6 Å². The zero-order chi connectivity index (χ0) is 16.2. The van der Waals surface area contributed by atoms with Crippen LogP contribution in [0.2, 0.25) is 0 Å². The van der Waals surface area contributed by atoms with Gasteiger partial charge in [-0.05, 0) is 38.8 Å². The predicted molar refractivity (Wildman–Crippen MR) is 90.4 cm³/mol. The van der Waals surface area contributed by atoms with Crippen LogP contribution in [0.3, 0.4) is 0 Å². The number of amides is 1. The van der Waals surface area contributed by atoms with Gasteiger partial charge in [-0.25, -0.2) is 9.97 Å². The standard InChI is InChI=1S/C17H27N5O/c1-14-3-6-18-17(19-14)22-7-4-15(5-8-22)13-16(23)21-11-9-20(2)10-12-21/h3,6,15H,4-5,7-13H2,1-2H3. The molecule has 2 aliphatic rings. The fourth-order valence-electron chi connectivity index (χ4n) is 3.36. The maximum Gasteiger partial charge on any atom is 0.225 e. The van der Waals surface area contributed by atoms with Gasteiger partial charge in [0.25, 0.3) is 0 Å². The molecule has 0 aromatic carbocycles. The predicted octanol–water partition coefficient (Wildman–Crippen LogP) is 1.17. The van der Waals surface area contributed by atoms with Crippen molar-refractivity contribution in [2.45, 2.75) is 26.2 Å². The molecule has 6 heteroatoms. The molecular weight excluding hydrogens is 290 g/mol. The number of anilines is 1. The summed E-state index contributed by atoms with van der Waals surface area (Å²) in [7, 11) is 2.12. The van der Waals surface area contributed by atoms with Crippen LogP contribution in [0.4, 0.5) is 5.95 Å². The molecule has 6 nitrogen and oxygen atoms in total.